The molecule has 0 unspecified atom stereocenters. The molecule has 356 valence electrons. The van der Waals surface area contributed by atoms with Crippen molar-refractivity contribution in [2.45, 2.75) is 104 Å². The van der Waals surface area contributed by atoms with Crippen LogP contribution in [0, 0.1) is 0 Å². The van der Waals surface area contributed by atoms with Crippen molar-refractivity contribution in [3.63, 3.8) is 0 Å². The number of halogens is 1. The first-order valence-electron chi connectivity index (χ1n) is 23.9. The van der Waals surface area contributed by atoms with Gasteiger partial charge in [-0.1, -0.05) is 202 Å². The maximum Gasteiger partial charge on any atom is 0.226 e. The van der Waals surface area contributed by atoms with Gasteiger partial charge in [-0.05, 0) is 105 Å². The molecule has 0 saturated carbocycles. The molecule has 2 aliphatic rings. The van der Waals surface area contributed by atoms with Crippen LogP contribution in [0.15, 0.2) is 182 Å². The van der Waals surface area contributed by atoms with E-state index in [4.69, 9.17) is 0 Å². The Morgan fingerprint density at radius 1 is 0.507 bits per heavy atom. The van der Waals surface area contributed by atoms with E-state index in [-0.39, 0.29) is 26.7 Å². The zero-order valence-electron chi connectivity index (χ0n) is 38.6. The Bertz CT molecular complexity index is 2120. The minimum Gasteiger partial charge on any atom is -0.317 e. The van der Waals surface area contributed by atoms with Gasteiger partial charge in [-0.15, -0.1) is 0 Å². The highest BCUT2D eigenvalue weighted by Crippen LogP contribution is 2.31. The SMILES string of the molecule is BrCCC(c1ccccc1)c1ccccc1.C.C.CCC(=O)N(c1ccccc1)C1CCN(CCC(c2ccccc2)c2ccccc2)CC1.CCC(=O)N(c1ccccc1)C1CCNCC1. The molecular formula is C60H77BrN4O2. The second-order valence-corrected chi connectivity index (χ2v) is 17.8. The largest absolute Gasteiger partial charge is 0.317 e. The normalized spacial score (nSPS) is 14.0. The molecule has 0 radical (unpaired) electrons. The molecule has 67 heavy (non-hydrogen) atoms. The molecule has 0 bridgehead atoms. The molecule has 2 heterocycles. The number of piperidine rings is 2. The monoisotopic (exact) mass is 965 g/mol. The van der Waals surface area contributed by atoms with Crippen LogP contribution >= 0.6 is 15.9 Å². The molecule has 2 saturated heterocycles. The number of nitrogens with zero attached hydrogens (tertiary/aromatic N) is 3. The highest BCUT2D eigenvalue weighted by molar-refractivity contribution is 9.09. The number of alkyl halides is 1. The average Bonchev–Trinajstić information content (AvgIpc) is 3.38. The fraction of sp³-hybridized carbons (Fsp3) is 0.367. The number of carbonyl (C=O) groups is 2. The lowest BCUT2D eigenvalue weighted by atomic mass is 9.88. The van der Waals surface area contributed by atoms with Crippen LogP contribution < -0.4 is 15.1 Å². The van der Waals surface area contributed by atoms with Crippen molar-refractivity contribution in [3.05, 3.63) is 204 Å². The third-order valence-electron chi connectivity index (χ3n) is 12.7. The summed E-state index contributed by atoms with van der Waals surface area (Å²) in [6, 6.07) is 64.0. The Kier molecular flexibility index (Phi) is 24.4. The molecule has 0 aliphatic carbocycles. The number of hydrogen-bond donors (Lipinski definition) is 1. The third-order valence-corrected chi connectivity index (χ3v) is 13.2. The van der Waals surface area contributed by atoms with Gasteiger partial charge < -0.3 is 20.0 Å². The standard InChI is InChI=1S/C29H34N2O.C15H15Br.C14H20N2O.2CH4/c1-2-29(32)31(26-16-10-5-11-17-26)27-18-21-30(22-19-27)23-20-28(24-12-6-3-7-13-24)25-14-8-4-9-15-25;16-12-11-15(13-7-3-1-4-8-13)14-9-5-2-6-10-14;1-2-14(17)16(12-6-4-3-5-7-12)13-8-10-15-11-9-13;;/h3-17,27-28H,2,18-23H2,1H3;1-10,15H,11-12H2;3-7,13,15H,2,8-11H2,1H3;2*1H4. The molecule has 0 spiro atoms. The number of amides is 2. The van der Waals surface area contributed by atoms with E-state index < -0.39 is 0 Å². The maximum absolute atomic E-state index is 12.7. The summed E-state index contributed by atoms with van der Waals surface area (Å²) in [6.07, 6.45) is 7.50. The summed E-state index contributed by atoms with van der Waals surface area (Å²) in [7, 11) is 0. The molecular weight excluding hydrogens is 889 g/mol. The summed E-state index contributed by atoms with van der Waals surface area (Å²) in [5, 5.41) is 4.37. The zero-order chi connectivity index (χ0) is 45.5. The first-order chi connectivity index (χ1) is 32.0. The lowest BCUT2D eigenvalue weighted by Crippen LogP contribution is -2.47. The van der Waals surface area contributed by atoms with Crippen molar-refractivity contribution in [1.82, 2.24) is 10.2 Å². The molecule has 6 aromatic rings. The maximum atomic E-state index is 12.7. The molecule has 2 aliphatic heterocycles. The van der Waals surface area contributed by atoms with Crippen LogP contribution in [-0.4, -0.2) is 66.9 Å². The van der Waals surface area contributed by atoms with Crippen LogP contribution in [0.25, 0.3) is 0 Å². The van der Waals surface area contributed by atoms with Gasteiger partial charge in [0, 0.05) is 66.6 Å². The Hall–Kier alpha value is -5.34. The molecule has 6 nitrogen and oxygen atoms in total. The van der Waals surface area contributed by atoms with Crippen molar-refractivity contribution in [2.75, 3.05) is 47.9 Å². The van der Waals surface area contributed by atoms with E-state index in [0.717, 1.165) is 88.0 Å². The van der Waals surface area contributed by atoms with E-state index in [1.54, 1.807) is 0 Å². The van der Waals surface area contributed by atoms with E-state index in [9.17, 15) is 9.59 Å². The van der Waals surface area contributed by atoms with Gasteiger partial charge in [-0.25, -0.2) is 0 Å². The summed E-state index contributed by atoms with van der Waals surface area (Å²) < 4.78 is 0. The number of rotatable bonds is 15. The van der Waals surface area contributed by atoms with Gasteiger partial charge in [0.2, 0.25) is 11.8 Å². The van der Waals surface area contributed by atoms with Gasteiger partial charge in [-0.2, -0.15) is 0 Å². The fourth-order valence-corrected chi connectivity index (χ4v) is 9.77. The number of nitrogens with one attached hydrogen (secondary N) is 1. The molecule has 0 aromatic heterocycles. The predicted octanol–water partition coefficient (Wildman–Crippen LogP) is 14.2. The van der Waals surface area contributed by atoms with Crippen LogP contribution in [0.5, 0.6) is 0 Å². The molecule has 7 heteroatoms. The summed E-state index contributed by atoms with van der Waals surface area (Å²) in [5.74, 6) is 1.37. The zero-order valence-corrected chi connectivity index (χ0v) is 40.2. The minimum absolute atomic E-state index is 0. The quantitative estimate of drug-likeness (QED) is 0.104. The van der Waals surface area contributed by atoms with Gasteiger partial charge in [0.25, 0.3) is 0 Å². The van der Waals surface area contributed by atoms with Crippen LogP contribution in [0.2, 0.25) is 0 Å². The van der Waals surface area contributed by atoms with E-state index >= 15 is 0 Å². The Balaban J connectivity index is 0.000000237. The fourth-order valence-electron chi connectivity index (χ4n) is 9.31. The van der Waals surface area contributed by atoms with Crippen molar-refractivity contribution >= 4 is 39.1 Å². The number of benzene rings is 6. The average molecular weight is 966 g/mol. The van der Waals surface area contributed by atoms with Crippen molar-refractivity contribution in [3.8, 4) is 0 Å². The Labute approximate surface area is 413 Å². The third kappa shape index (κ3) is 16.4. The van der Waals surface area contributed by atoms with Crippen LogP contribution in [-0.2, 0) is 9.59 Å². The molecule has 1 N–H and O–H groups in total. The summed E-state index contributed by atoms with van der Waals surface area (Å²) in [6.45, 7) is 9.06. The number of hydrogen-bond acceptors (Lipinski definition) is 4. The summed E-state index contributed by atoms with van der Waals surface area (Å²) >= 11 is 3.54. The lowest BCUT2D eigenvalue weighted by Gasteiger charge is -2.39. The van der Waals surface area contributed by atoms with Crippen molar-refractivity contribution < 1.29 is 9.59 Å². The van der Waals surface area contributed by atoms with E-state index in [1.165, 1.54) is 22.3 Å². The van der Waals surface area contributed by atoms with Gasteiger partial charge in [0.05, 0.1) is 0 Å². The molecule has 6 aromatic carbocycles. The molecule has 0 atom stereocenters. The summed E-state index contributed by atoms with van der Waals surface area (Å²) in [5.41, 5.74) is 7.63. The smallest absolute Gasteiger partial charge is 0.226 e. The van der Waals surface area contributed by atoms with E-state index in [0.29, 0.717) is 36.8 Å². The van der Waals surface area contributed by atoms with Gasteiger partial charge in [0.1, 0.15) is 0 Å². The lowest BCUT2D eigenvalue weighted by molar-refractivity contribution is -0.119. The van der Waals surface area contributed by atoms with Crippen molar-refractivity contribution in [2.24, 2.45) is 0 Å². The minimum atomic E-state index is 0. The highest BCUT2D eigenvalue weighted by atomic mass is 79.9. The Morgan fingerprint density at radius 3 is 1.15 bits per heavy atom. The second-order valence-electron chi connectivity index (χ2n) is 17.0. The topological polar surface area (TPSA) is 55.9 Å². The molecule has 8 rings (SSSR count). The van der Waals surface area contributed by atoms with Gasteiger partial charge in [-0.3, -0.25) is 9.59 Å². The number of likely N-dealkylation sites (tertiary alicyclic amines) is 1. The van der Waals surface area contributed by atoms with Crippen LogP contribution in [0.3, 0.4) is 0 Å². The second kappa shape index (κ2) is 30.1. The number of carbonyl (C=O) groups excluding carboxylic acids is 2. The number of para-hydroxylation sites is 2. The van der Waals surface area contributed by atoms with Crippen molar-refractivity contribution in [1.29, 1.82) is 0 Å². The van der Waals surface area contributed by atoms with E-state index in [2.05, 4.69) is 160 Å². The first-order valence-corrected chi connectivity index (χ1v) is 25.1. The van der Waals surface area contributed by atoms with Crippen LogP contribution in [0.4, 0.5) is 11.4 Å². The highest BCUT2D eigenvalue weighted by Gasteiger charge is 2.29. The predicted molar refractivity (Wildman–Crippen MR) is 290 cm³/mol. The number of anilines is 2. The van der Waals surface area contributed by atoms with Crippen LogP contribution in [0.1, 0.15) is 114 Å². The summed E-state index contributed by atoms with van der Waals surface area (Å²) in [4.78, 5) is 31.5. The molecule has 2 amide bonds. The molecule has 2 fully saturated rings. The Morgan fingerprint density at radius 2 is 0.821 bits per heavy atom. The van der Waals surface area contributed by atoms with Gasteiger partial charge in [0.15, 0.2) is 0 Å². The van der Waals surface area contributed by atoms with E-state index in [1.807, 2.05) is 72.2 Å². The van der Waals surface area contributed by atoms with Gasteiger partial charge >= 0.3 is 0 Å². The first kappa shape index (κ1) is 54.3.